The predicted octanol–water partition coefficient (Wildman–Crippen LogP) is 4.36. The number of nitrogens with one attached hydrogen (secondary N) is 1. The van der Waals surface area contributed by atoms with Crippen molar-refractivity contribution < 1.29 is 19.0 Å². The van der Waals surface area contributed by atoms with Gasteiger partial charge in [0.1, 0.15) is 12.4 Å². The van der Waals surface area contributed by atoms with E-state index in [4.69, 9.17) is 26.4 Å². The second kappa shape index (κ2) is 10.1. The van der Waals surface area contributed by atoms with Gasteiger partial charge in [-0.3, -0.25) is 4.90 Å². The molecule has 1 N–H and O–H groups in total. The van der Waals surface area contributed by atoms with Gasteiger partial charge in [0.25, 0.3) is 0 Å². The Morgan fingerprint density at radius 2 is 1.83 bits per heavy atom. The molecule has 6 nitrogen and oxygen atoms in total. The maximum atomic E-state index is 13.1. The number of carbonyl (C=O) groups excluding carboxylic acids is 1. The second-order valence-electron chi connectivity index (χ2n) is 6.57. The number of allylic oxidation sites excluding steroid dienone is 1. The molecule has 1 atom stereocenters. The first-order valence-electron chi connectivity index (χ1n) is 9.33. The van der Waals surface area contributed by atoms with Gasteiger partial charge in [-0.2, -0.15) is 0 Å². The van der Waals surface area contributed by atoms with E-state index < -0.39 is 12.0 Å². The van der Waals surface area contributed by atoms with Crippen molar-refractivity contribution in [2.75, 3.05) is 32.3 Å². The van der Waals surface area contributed by atoms with Crippen LogP contribution in [0.25, 0.3) is 0 Å². The van der Waals surface area contributed by atoms with Crippen LogP contribution in [-0.2, 0) is 14.3 Å². The van der Waals surface area contributed by atoms with E-state index in [2.05, 4.69) is 21.2 Å². The highest BCUT2D eigenvalue weighted by atomic mass is 79.9. The summed E-state index contributed by atoms with van der Waals surface area (Å²) in [5, 5.41) is 3.80. The largest absolute Gasteiger partial charge is 0.497 e. The summed E-state index contributed by atoms with van der Waals surface area (Å²) < 4.78 is 16.6. The maximum absolute atomic E-state index is 13.1. The molecule has 0 aliphatic carbocycles. The number of carbonyl (C=O) groups is 1. The van der Waals surface area contributed by atoms with Crippen molar-refractivity contribution in [3.63, 3.8) is 0 Å². The summed E-state index contributed by atoms with van der Waals surface area (Å²) in [4.78, 5) is 14.9. The van der Waals surface area contributed by atoms with Crippen LogP contribution < -0.4 is 15.0 Å². The van der Waals surface area contributed by atoms with E-state index in [1.807, 2.05) is 60.4 Å². The van der Waals surface area contributed by atoms with Crippen molar-refractivity contribution >= 4 is 44.9 Å². The average molecular weight is 491 g/mol. The molecule has 3 rings (SSSR count). The minimum Gasteiger partial charge on any atom is -0.497 e. The third kappa shape index (κ3) is 4.66. The number of esters is 1. The number of ether oxygens (including phenoxy) is 3. The van der Waals surface area contributed by atoms with Gasteiger partial charge in [0.05, 0.1) is 25.3 Å². The summed E-state index contributed by atoms with van der Waals surface area (Å²) in [5.41, 5.74) is 2.90. The lowest BCUT2D eigenvalue weighted by Crippen LogP contribution is -2.48. The Morgan fingerprint density at radius 1 is 1.13 bits per heavy atom. The molecule has 0 aromatic heterocycles. The van der Waals surface area contributed by atoms with Crippen molar-refractivity contribution in [2.45, 2.75) is 13.0 Å². The molecule has 2 aromatic rings. The van der Waals surface area contributed by atoms with E-state index in [0.717, 1.165) is 21.5 Å². The van der Waals surface area contributed by atoms with Crippen LogP contribution in [0.4, 0.5) is 5.69 Å². The standard InChI is InChI=1S/C22H23BrN2O4S/c1-14-19(21(26)29-13-12-27-2)20(17-6-4-5-7-18(17)23)24-22(30)25(14)15-8-10-16(28-3)11-9-15/h4-11,20H,12-13H2,1-3H3,(H,24,30). The Morgan fingerprint density at radius 3 is 2.47 bits per heavy atom. The molecular weight excluding hydrogens is 468 g/mol. The fraction of sp³-hybridized carbons (Fsp3) is 0.273. The Bertz CT molecular complexity index is 962. The molecule has 158 valence electrons. The molecule has 1 heterocycles. The minimum atomic E-state index is -0.447. The maximum Gasteiger partial charge on any atom is 0.338 e. The highest BCUT2D eigenvalue weighted by molar-refractivity contribution is 9.10. The van der Waals surface area contributed by atoms with Crippen LogP contribution in [0.2, 0.25) is 0 Å². The van der Waals surface area contributed by atoms with Crippen molar-refractivity contribution in [3.8, 4) is 5.75 Å². The van der Waals surface area contributed by atoms with Crippen LogP contribution in [0, 0.1) is 0 Å². The number of methoxy groups -OCH3 is 2. The van der Waals surface area contributed by atoms with Gasteiger partial charge in [0.15, 0.2) is 5.11 Å². The second-order valence-corrected chi connectivity index (χ2v) is 7.81. The number of rotatable bonds is 7. The molecule has 1 aliphatic rings. The Balaban J connectivity index is 2.07. The molecule has 0 fully saturated rings. The first kappa shape index (κ1) is 22.3. The summed E-state index contributed by atoms with van der Waals surface area (Å²) in [7, 11) is 3.18. The summed E-state index contributed by atoms with van der Waals surface area (Å²) in [5.74, 6) is 0.320. The Kier molecular flexibility index (Phi) is 7.47. The van der Waals surface area contributed by atoms with E-state index in [9.17, 15) is 4.79 Å². The van der Waals surface area contributed by atoms with E-state index >= 15 is 0 Å². The van der Waals surface area contributed by atoms with Gasteiger partial charge in [-0.05, 0) is 55.0 Å². The number of hydrogen-bond acceptors (Lipinski definition) is 5. The van der Waals surface area contributed by atoms with Crippen molar-refractivity contribution in [1.29, 1.82) is 0 Å². The normalized spacial score (nSPS) is 16.3. The quantitative estimate of drug-likeness (QED) is 0.351. The Hall–Kier alpha value is -2.42. The average Bonchev–Trinajstić information content (AvgIpc) is 2.74. The van der Waals surface area contributed by atoms with Crippen LogP contribution in [0.15, 0.2) is 64.3 Å². The molecule has 0 amide bonds. The predicted molar refractivity (Wildman–Crippen MR) is 124 cm³/mol. The molecule has 8 heteroatoms. The fourth-order valence-corrected chi connectivity index (χ4v) is 4.16. The molecule has 0 bridgehead atoms. The molecule has 0 spiro atoms. The summed E-state index contributed by atoms with van der Waals surface area (Å²) in [6.45, 7) is 2.36. The molecule has 0 saturated carbocycles. The molecule has 1 aliphatic heterocycles. The number of thiocarbonyl (C=S) groups is 1. The lowest BCUT2D eigenvalue weighted by Gasteiger charge is -2.37. The number of halogens is 1. The minimum absolute atomic E-state index is 0.168. The highest BCUT2D eigenvalue weighted by Crippen LogP contribution is 2.37. The van der Waals surface area contributed by atoms with Crippen LogP contribution in [0.3, 0.4) is 0 Å². The molecule has 0 radical (unpaired) electrons. The molecule has 0 saturated heterocycles. The Labute approximate surface area is 189 Å². The molecule has 2 aromatic carbocycles. The monoisotopic (exact) mass is 490 g/mol. The zero-order valence-electron chi connectivity index (χ0n) is 17.0. The molecule has 30 heavy (non-hydrogen) atoms. The van der Waals surface area contributed by atoms with E-state index in [1.165, 1.54) is 0 Å². The van der Waals surface area contributed by atoms with Gasteiger partial charge in [-0.25, -0.2) is 4.79 Å². The van der Waals surface area contributed by atoms with Gasteiger partial charge in [0, 0.05) is 23.0 Å². The van der Waals surface area contributed by atoms with E-state index in [1.54, 1.807) is 14.2 Å². The van der Waals surface area contributed by atoms with E-state index in [0.29, 0.717) is 23.0 Å². The van der Waals surface area contributed by atoms with Crippen LogP contribution in [0.5, 0.6) is 5.75 Å². The smallest absolute Gasteiger partial charge is 0.338 e. The molecule has 1 unspecified atom stereocenters. The van der Waals surface area contributed by atoms with Crippen LogP contribution in [-0.4, -0.2) is 38.5 Å². The number of benzene rings is 2. The summed E-state index contributed by atoms with van der Waals surface area (Å²) in [6, 6.07) is 14.8. The van der Waals surface area contributed by atoms with Crippen LogP contribution in [0.1, 0.15) is 18.5 Å². The van der Waals surface area contributed by atoms with Gasteiger partial charge >= 0.3 is 5.97 Å². The zero-order chi connectivity index (χ0) is 21.7. The van der Waals surface area contributed by atoms with Gasteiger partial charge < -0.3 is 19.5 Å². The zero-order valence-corrected chi connectivity index (χ0v) is 19.4. The van der Waals surface area contributed by atoms with E-state index in [-0.39, 0.29) is 6.61 Å². The summed E-state index contributed by atoms with van der Waals surface area (Å²) >= 11 is 9.26. The van der Waals surface area contributed by atoms with Crippen LogP contribution >= 0.6 is 28.1 Å². The van der Waals surface area contributed by atoms with Crippen molar-refractivity contribution in [3.05, 3.63) is 69.8 Å². The lowest BCUT2D eigenvalue weighted by molar-refractivity contribution is -0.140. The van der Waals surface area contributed by atoms with Gasteiger partial charge in [-0.15, -0.1) is 0 Å². The first-order valence-corrected chi connectivity index (χ1v) is 10.5. The third-order valence-corrected chi connectivity index (χ3v) is 5.79. The number of nitrogens with zero attached hydrogens (tertiary/aromatic N) is 1. The summed E-state index contributed by atoms with van der Waals surface area (Å²) in [6.07, 6.45) is 0. The highest BCUT2D eigenvalue weighted by Gasteiger charge is 2.36. The van der Waals surface area contributed by atoms with Gasteiger partial charge in [0.2, 0.25) is 0 Å². The number of anilines is 1. The fourth-order valence-electron chi connectivity index (χ4n) is 3.29. The van der Waals surface area contributed by atoms with Crippen molar-refractivity contribution in [2.24, 2.45) is 0 Å². The molecular formula is C22H23BrN2O4S. The lowest BCUT2D eigenvalue weighted by atomic mass is 9.95. The topological polar surface area (TPSA) is 60.0 Å². The SMILES string of the molecule is COCCOC(=O)C1=C(C)N(c2ccc(OC)cc2)C(=S)NC1c1ccccc1Br. The van der Waals surface area contributed by atoms with Gasteiger partial charge in [-0.1, -0.05) is 34.1 Å². The van der Waals surface area contributed by atoms with Crippen molar-refractivity contribution in [1.82, 2.24) is 5.32 Å². The third-order valence-electron chi connectivity index (χ3n) is 4.77. The number of hydrogen-bond donors (Lipinski definition) is 1. The first-order chi connectivity index (χ1) is 14.5.